The van der Waals surface area contributed by atoms with Gasteiger partial charge in [0.2, 0.25) is 5.91 Å². The van der Waals surface area contributed by atoms with Crippen LogP contribution in [0.25, 0.3) is 0 Å². The molecule has 4 nitrogen and oxygen atoms in total. The molecule has 1 saturated carbocycles. The number of carbonyl (C=O) groups excluding carboxylic acids is 1. The zero-order valence-corrected chi connectivity index (χ0v) is 9.38. The van der Waals surface area contributed by atoms with E-state index < -0.39 is 11.4 Å². The molecule has 15 heavy (non-hydrogen) atoms. The van der Waals surface area contributed by atoms with E-state index in [1.54, 1.807) is 0 Å². The van der Waals surface area contributed by atoms with Gasteiger partial charge in [-0.2, -0.15) is 0 Å². The molecule has 0 unspecified atom stereocenters. The monoisotopic (exact) mass is 213 g/mol. The molecule has 0 aromatic carbocycles. The van der Waals surface area contributed by atoms with Crippen LogP contribution in [0.3, 0.4) is 0 Å². The SMILES string of the molecule is CC(C)CCNC(=O)C1(CC(=O)O)CC1. The van der Waals surface area contributed by atoms with Crippen molar-refractivity contribution < 1.29 is 14.7 Å². The van der Waals surface area contributed by atoms with Crippen LogP contribution in [-0.2, 0) is 9.59 Å². The van der Waals surface area contributed by atoms with Crippen molar-refractivity contribution in [2.24, 2.45) is 11.3 Å². The van der Waals surface area contributed by atoms with E-state index >= 15 is 0 Å². The Morgan fingerprint density at radius 3 is 2.40 bits per heavy atom. The highest BCUT2D eigenvalue weighted by Crippen LogP contribution is 2.48. The first-order chi connectivity index (χ1) is 6.96. The minimum atomic E-state index is -0.883. The number of rotatable bonds is 6. The molecule has 1 rings (SSSR count). The Morgan fingerprint density at radius 1 is 1.40 bits per heavy atom. The molecule has 0 aromatic heterocycles. The minimum absolute atomic E-state index is 0.0273. The fourth-order valence-electron chi connectivity index (χ4n) is 1.59. The number of aliphatic carboxylic acids is 1. The minimum Gasteiger partial charge on any atom is -0.481 e. The van der Waals surface area contributed by atoms with Crippen LogP contribution in [0.15, 0.2) is 0 Å². The van der Waals surface area contributed by atoms with E-state index in [1.807, 2.05) is 0 Å². The fourth-order valence-corrected chi connectivity index (χ4v) is 1.59. The average molecular weight is 213 g/mol. The van der Waals surface area contributed by atoms with Gasteiger partial charge in [-0.05, 0) is 25.2 Å². The molecule has 1 fully saturated rings. The molecule has 0 heterocycles. The van der Waals surface area contributed by atoms with Gasteiger partial charge in [-0.25, -0.2) is 0 Å². The van der Waals surface area contributed by atoms with Crippen molar-refractivity contribution in [3.05, 3.63) is 0 Å². The number of hydrogen-bond donors (Lipinski definition) is 2. The van der Waals surface area contributed by atoms with Crippen LogP contribution < -0.4 is 5.32 Å². The summed E-state index contributed by atoms with van der Waals surface area (Å²) in [6, 6.07) is 0. The molecule has 0 radical (unpaired) electrons. The number of hydrogen-bond acceptors (Lipinski definition) is 2. The van der Waals surface area contributed by atoms with Gasteiger partial charge in [-0.15, -0.1) is 0 Å². The summed E-state index contributed by atoms with van der Waals surface area (Å²) < 4.78 is 0. The number of carboxylic acid groups (broad SMARTS) is 1. The molecule has 86 valence electrons. The summed E-state index contributed by atoms with van der Waals surface area (Å²) in [4.78, 5) is 22.2. The van der Waals surface area contributed by atoms with Crippen molar-refractivity contribution in [2.75, 3.05) is 6.54 Å². The number of carboxylic acids is 1. The number of amides is 1. The van der Waals surface area contributed by atoms with Crippen molar-refractivity contribution in [1.29, 1.82) is 0 Å². The third-order valence-corrected chi connectivity index (χ3v) is 2.83. The molecule has 0 atom stereocenters. The lowest BCUT2D eigenvalue weighted by atomic mass is 10.0. The second kappa shape index (κ2) is 4.64. The summed E-state index contributed by atoms with van der Waals surface area (Å²) in [5, 5.41) is 11.5. The standard InChI is InChI=1S/C11H19NO3/c1-8(2)3-6-12-10(15)11(4-5-11)7-9(13)14/h8H,3-7H2,1-2H3,(H,12,15)(H,13,14). The van der Waals surface area contributed by atoms with Crippen LogP contribution in [-0.4, -0.2) is 23.5 Å². The van der Waals surface area contributed by atoms with E-state index in [-0.39, 0.29) is 12.3 Å². The van der Waals surface area contributed by atoms with Crippen molar-refractivity contribution in [3.63, 3.8) is 0 Å². The van der Waals surface area contributed by atoms with Crippen LogP contribution in [0.1, 0.15) is 39.5 Å². The maximum Gasteiger partial charge on any atom is 0.304 e. The van der Waals surface area contributed by atoms with Crippen LogP contribution in [0.2, 0.25) is 0 Å². The lowest BCUT2D eigenvalue weighted by molar-refractivity contribution is -0.142. The third kappa shape index (κ3) is 3.53. The summed E-state index contributed by atoms with van der Waals surface area (Å²) in [6.45, 7) is 4.84. The van der Waals surface area contributed by atoms with E-state index in [0.717, 1.165) is 6.42 Å². The Hall–Kier alpha value is -1.06. The zero-order valence-electron chi connectivity index (χ0n) is 9.38. The second-order valence-electron chi connectivity index (χ2n) is 4.79. The first-order valence-corrected chi connectivity index (χ1v) is 5.46. The van der Waals surface area contributed by atoms with E-state index in [0.29, 0.717) is 25.3 Å². The summed E-state index contributed by atoms with van der Waals surface area (Å²) in [7, 11) is 0. The highest BCUT2D eigenvalue weighted by molar-refractivity contribution is 5.89. The fraction of sp³-hybridized carbons (Fsp3) is 0.818. The lowest BCUT2D eigenvalue weighted by Crippen LogP contribution is -2.34. The van der Waals surface area contributed by atoms with E-state index in [1.165, 1.54) is 0 Å². The molecule has 0 aliphatic heterocycles. The van der Waals surface area contributed by atoms with Crippen LogP contribution in [0.5, 0.6) is 0 Å². The van der Waals surface area contributed by atoms with Crippen molar-refractivity contribution in [2.45, 2.75) is 39.5 Å². The van der Waals surface area contributed by atoms with Gasteiger partial charge in [0.25, 0.3) is 0 Å². The maximum atomic E-state index is 11.7. The highest BCUT2D eigenvalue weighted by atomic mass is 16.4. The molecule has 1 amide bonds. The Bertz CT molecular complexity index is 257. The average Bonchev–Trinajstić information content (AvgIpc) is 2.83. The van der Waals surface area contributed by atoms with Gasteiger partial charge in [-0.1, -0.05) is 13.8 Å². The zero-order chi connectivity index (χ0) is 11.5. The molecule has 1 aliphatic carbocycles. The molecular formula is C11H19NO3. The Morgan fingerprint density at radius 2 is 2.00 bits per heavy atom. The Labute approximate surface area is 90.0 Å². The molecule has 0 spiro atoms. The van der Waals surface area contributed by atoms with Gasteiger partial charge in [0, 0.05) is 6.54 Å². The Balaban J connectivity index is 2.30. The van der Waals surface area contributed by atoms with E-state index in [9.17, 15) is 9.59 Å². The van der Waals surface area contributed by atoms with Gasteiger partial charge in [-0.3, -0.25) is 9.59 Å². The van der Waals surface area contributed by atoms with Gasteiger partial charge < -0.3 is 10.4 Å². The van der Waals surface area contributed by atoms with Crippen LogP contribution in [0.4, 0.5) is 0 Å². The quantitative estimate of drug-likeness (QED) is 0.701. The van der Waals surface area contributed by atoms with Crippen molar-refractivity contribution >= 4 is 11.9 Å². The molecular weight excluding hydrogens is 194 g/mol. The summed E-state index contributed by atoms with van der Waals surface area (Å²) >= 11 is 0. The van der Waals surface area contributed by atoms with Crippen LogP contribution in [0, 0.1) is 11.3 Å². The smallest absolute Gasteiger partial charge is 0.304 e. The molecule has 2 N–H and O–H groups in total. The van der Waals surface area contributed by atoms with Crippen molar-refractivity contribution in [1.82, 2.24) is 5.32 Å². The predicted octanol–water partition coefficient (Wildman–Crippen LogP) is 1.40. The first-order valence-electron chi connectivity index (χ1n) is 5.46. The third-order valence-electron chi connectivity index (χ3n) is 2.83. The molecule has 1 aliphatic rings. The normalized spacial score (nSPS) is 17.5. The van der Waals surface area contributed by atoms with Gasteiger partial charge in [0.05, 0.1) is 11.8 Å². The summed E-state index contributed by atoms with van der Waals surface area (Å²) in [6.07, 6.45) is 2.34. The summed E-state index contributed by atoms with van der Waals surface area (Å²) in [5.74, 6) is -0.406. The van der Waals surface area contributed by atoms with Crippen LogP contribution >= 0.6 is 0 Å². The number of carbonyl (C=O) groups is 2. The van der Waals surface area contributed by atoms with Gasteiger partial charge in [0.1, 0.15) is 0 Å². The predicted molar refractivity (Wildman–Crippen MR) is 56.4 cm³/mol. The summed E-state index contributed by atoms with van der Waals surface area (Å²) in [5.41, 5.74) is -0.581. The Kier molecular flexibility index (Phi) is 3.72. The molecule has 0 bridgehead atoms. The van der Waals surface area contributed by atoms with Gasteiger partial charge in [0.15, 0.2) is 0 Å². The first kappa shape index (κ1) is 12.0. The molecule has 0 aromatic rings. The highest BCUT2D eigenvalue weighted by Gasteiger charge is 2.51. The second-order valence-corrected chi connectivity index (χ2v) is 4.79. The molecule has 0 saturated heterocycles. The van der Waals surface area contributed by atoms with Gasteiger partial charge >= 0.3 is 5.97 Å². The van der Waals surface area contributed by atoms with E-state index in [4.69, 9.17) is 5.11 Å². The maximum absolute atomic E-state index is 11.7. The largest absolute Gasteiger partial charge is 0.481 e. The number of nitrogens with one attached hydrogen (secondary N) is 1. The van der Waals surface area contributed by atoms with E-state index in [2.05, 4.69) is 19.2 Å². The topological polar surface area (TPSA) is 66.4 Å². The molecule has 4 heteroatoms. The lowest BCUT2D eigenvalue weighted by Gasteiger charge is -2.13. The van der Waals surface area contributed by atoms with Crippen molar-refractivity contribution in [3.8, 4) is 0 Å².